The van der Waals surface area contributed by atoms with E-state index < -0.39 is 0 Å². The molecule has 4 heteroatoms. The fourth-order valence-corrected chi connectivity index (χ4v) is 1.17. The lowest BCUT2D eigenvalue weighted by Gasteiger charge is -2.10. The van der Waals surface area contributed by atoms with Crippen molar-refractivity contribution in [3.63, 3.8) is 0 Å². The summed E-state index contributed by atoms with van der Waals surface area (Å²) in [6.45, 7) is 5.85. The first-order valence-corrected chi connectivity index (χ1v) is 5.12. The van der Waals surface area contributed by atoms with E-state index in [1.54, 1.807) is 6.07 Å². The van der Waals surface area contributed by atoms with E-state index in [1.165, 1.54) is 0 Å². The zero-order valence-electron chi connectivity index (χ0n) is 9.36. The van der Waals surface area contributed by atoms with E-state index in [0.29, 0.717) is 23.8 Å². The number of carbonyl (C=O) groups excluding carboxylic acids is 1. The maximum absolute atomic E-state index is 10.4. The Morgan fingerprint density at radius 3 is 2.73 bits per heavy atom. The van der Waals surface area contributed by atoms with Crippen LogP contribution in [0, 0.1) is 0 Å². The Hall–Kier alpha value is -1.45. The van der Waals surface area contributed by atoms with E-state index in [1.807, 2.05) is 20.8 Å². The average molecular weight is 208 g/mol. The minimum absolute atomic E-state index is 0.0775. The van der Waals surface area contributed by atoms with Crippen LogP contribution < -0.4 is 4.74 Å². The lowest BCUT2D eigenvalue weighted by Crippen LogP contribution is -2.09. The third-order valence-electron chi connectivity index (χ3n) is 1.77. The number of carbonyl (C=O) groups is 1. The third-order valence-corrected chi connectivity index (χ3v) is 1.77. The molecule has 1 rings (SSSR count). The molecule has 0 saturated carbocycles. The van der Waals surface area contributed by atoms with Crippen molar-refractivity contribution in [1.82, 2.24) is 9.97 Å². The molecular formula is C11H16N2O2. The molecule has 1 aromatic heterocycles. The van der Waals surface area contributed by atoms with Gasteiger partial charge in [-0.3, -0.25) is 0 Å². The van der Waals surface area contributed by atoms with Crippen LogP contribution in [0.4, 0.5) is 0 Å². The Bertz CT molecular complexity index is 337. The van der Waals surface area contributed by atoms with E-state index in [-0.39, 0.29) is 6.10 Å². The van der Waals surface area contributed by atoms with Crippen LogP contribution >= 0.6 is 0 Å². The van der Waals surface area contributed by atoms with Gasteiger partial charge in [0.25, 0.3) is 0 Å². The molecule has 15 heavy (non-hydrogen) atoms. The molecule has 0 aliphatic rings. The largest absolute Gasteiger partial charge is 0.475 e. The number of aromatic nitrogens is 2. The predicted molar refractivity (Wildman–Crippen MR) is 56.9 cm³/mol. The van der Waals surface area contributed by atoms with Crippen LogP contribution in [0.2, 0.25) is 0 Å². The monoisotopic (exact) mass is 208 g/mol. The zero-order valence-corrected chi connectivity index (χ0v) is 9.36. The quantitative estimate of drug-likeness (QED) is 0.689. The molecule has 82 valence electrons. The Morgan fingerprint density at radius 1 is 1.47 bits per heavy atom. The first kappa shape index (κ1) is 11.6. The van der Waals surface area contributed by atoms with Gasteiger partial charge in [-0.2, -0.15) is 4.98 Å². The molecule has 0 aliphatic heterocycles. The van der Waals surface area contributed by atoms with Gasteiger partial charge in [-0.25, -0.2) is 4.98 Å². The van der Waals surface area contributed by atoms with E-state index in [0.717, 1.165) is 12.7 Å². The fraction of sp³-hybridized carbons (Fsp3) is 0.545. The molecular weight excluding hydrogens is 192 g/mol. The molecule has 0 N–H and O–H groups in total. The highest BCUT2D eigenvalue weighted by molar-refractivity contribution is 5.53. The summed E-state index contributed by atoms with van der Waals surface area (Å²) in [7, 11) is 0. The van der Waals surface area contributed by atoms with Crippen LogP contribution in [0.5, 0.6) is 5.88 Å². The van der Waals surface area contributed by atoms with E-state index in [4.69, 9.17) is 4.74 Å². The summed E-state index contributed by atoms with van der Waals surface area (Å²) < 4.78 is 5.48. The minimum atomic E-state index is 0.0775. The molecule has 0 aromatic carbocycles. The summed E-state index contributed by atoms with van der Waals surface area (Å²) >= 11 is 0. The number of aryl methyl sites for hydroxylation is 1. The highest BCUT2D eigenvalue weighted by Gasteiger charge is 2.05. The summed E-state index contributed by atoms with van der Waals surface area (Å²) in [5.41, 5.74) is 0.715. The van der Waals surface area contributed by atoms with Gasteiger partial charge in [0.1, 0.15) is 12.1 Å². The Balaban J connectivity index is 2.94. The Kier molecular flexibility index (Phi) is 4.21. The van der Waals surface area contributed by atoms with Crippen molar-refractivity contribution in [1.29, 1.82) is 0 Å². The van der Waals surface area contributed by atoms with Gasteiger partial charge in [0.15, 0.2) is 0 Å². The second kappa shape index (κ2) is 5.44. The van der Waals surface area contributed by atoms with Crippen molar-refractivity contribution in [3.8, 4) is 5.88 Å². The van der Waals surface area contributed by atoms with E-state index in [2.05, 4.69) is 9.97 Å². The summed E-state index contributed by atoms with van der Waals surface area (Å²) in [6.07, 6.45) is 1.96. The molecule has 1 heterocycles. The van der Waals surface area contributed by atoms with Gasteiger partial charge in [0, 0.05) is 18.9 Å². The first-order valence-electron chi connectivity index (χ1n) is 5.12. The molecule has 0 saturated heterocycles. The molecule has 0 unspecified atom stereocenters. The number of nitrogens with zero attached hydrogens (tertiary/aromatic N) is 2. The smallest absolute Gasteiger partial charge is 0.217 e. The fourth-order valence-electron chi connectivity index (χ4n) is 1.17. The summed E-state index contributed by atoms with van der Waals surface area (Å²) in [4.78, 5) is 18.9. The highest BCUT2D eigenvalue weighted by Crippen LogP contribution is 2.11. The van der Waals surface area contributed by atoms with Crippen LogP contribution in [0.1, 0.15) is 32.3 Å². The molecule has 0 amide bonds. The highest BCUT2D eigenvalue weighted by atomic mass is 16.5. The van der Waals surface area contributed by atoms with Crippen LogP contribution in [-0.4, -0.2) is 22.4 Å². The molecule has 4 nitrogen and oxygen atoms in total. The molecule has 1 aromatic rings. The van der Waals surface area contributed by atoms with E-state index >= 15 is 0 Å². The molecule has 0 bridgehead atoms. The zero-order chi connectivity index (χ0) is 11.3. The molecule has 0 radical (unpaired) electrons. The summed E-state index contributed by atoms with van der Waals surface area (Å²) in [6, 6.07) is 1.72. The topological polar surface area (TPSA) is 52.1 Å². The summed E-state index contributed by atoms with van der Waals surface area (Å²) in [5, 5.41) is 0. The van der Waals surface area contributed by atoms with Crippen molar-refractivity contribution in [2.45, 2.75) is 39.7 Å². The van der Waals surface area contributed by atoms with Gasteiger partial charge in [0.2, 0.25) is 5.88 Å². The van der Waals surface area contributed by atoms with Crippen molar-refractivity contribution in [2.24, 2.45) is 0 Å². The standard InChI is InChI=1S/C11H16N2O2/c1-4-10-12-9(5-6-14)7-11(13-10)15-8(2)3/h6-8H,4-5H2,1-3H3. The Labute approximate surface area is 89.7 Å². The van der Waals surface area contributed by atoms with Gasteiger partial charge in [-0.15, -0.1) is 0 Å². The van der Waals surface area contributed by atoms with Crippen LogP contribution in [0.15, 0.2) is 6.07 Å². The van der Waals surface area contributed by atoms with Gasteiger partial charge in [-0.05, 0) is 13.8 Å². The predicted octanol–water partition coefficient (Wildman–Crippen LogP) is 1.57. The van der Waals surface area contributed by atoms with Crippen molar-refractivity contribution < 1.29 is 9.53 Å². The molecule has 0 aliphatic carbocycles. The van der Waals surface area contributed by atoms with Crippen molar-refractivity contribution >= 4 is 6.29 Å². The third kappa shape index (κ3) is 3.65. The van der Waals surface area contributed by atoms with Crippen molar-refractivity contribution in [2.75, 3.05) is 0 Å². The van der Waals surface area contributed by atoms with Gasteiger partial charge in [-0.1, -0.05) is 6.92 Å². The maximum atomic E-state index is 10.4. The average Bonchev–Trinajstić information content (AvgIpc) is 2.16. The number of ether oxygens (including phenoxy) is 1. The minimum Gasteiger partial charge on any atom is -0.475 e. The van der Waals surface area contributed by atoms with Crippen LogP contribution in [-0.2, 0) is 17.6 Å². The number of aldehydes is 1. The number of hydrogen-bond donors (Lipinski definition) is 0. The van der Waals surface area contributed by atoms with Crippen LogP contribution in [0.3, 0.4) is 0 Å². The first-order chi connectivity index (χ1) is 7.15. The number of rotatable bonds is 5. The van der Waals surface area contributed by atoms with Gasteiger partial charge in [0.05, 0.1) is 11.8 Å². The SMILES string of the molecule is CCc1nc(CC=O)cc(OC(C)C)n1. The lowest BCUT2D eigenvalue weighted by atomic mass is 10.3. The second-order valence-corrected chi connectivity index (χ2v) is 3.50. The van der Waals surface area contributed by atoms with Crippen molar-refractivity contribution in [3.05, 3.63) is 17.6 Å². The summed E-state index contributed by atoms with van der Waals surface area (Å²) in [5.74, 6) is 1.26. The van der Waals surface area contributed by atoms with E-state index in [9.17, 15) is 4.79 Å². The van der Waals surface area contributed by atoms with Crippen LogP contribution in [0.25, 0.3) is 0 Å². The van der Waals surface area contributed by atoms with Gasteiger partial charge >= 0.3 is 0 Å². The van der Waals surface area contributed by atoms with Gasteiger partial charge < -0.3 is 9.53 Å². The molecule has 0 fully saturated rings. The maximum Gasteiger partial charge on any atom is 0.217 e. The molecule has 0 spiro atoms. The lowest BCUT2D eigenvalue weighted by molar-refractivity contribution is -0.107. The molecule has 0 atom stereocenters. The normalized spacial score (nSPS) is 10.4. The Morgan fingerprint density at radius 2 is 2.20 bits per heavy atom. The number of hydrogen-bond acceptors (Lipinski definition) is 4. The second-order valence-electron chi connectivity index (χ2n) is 3.50.